The molecule has 8 nitrogen and oxygen atoms in total. The molecule has 0 saturated carbocycles. The highest BCUT2D eigenvalue weighted by Gasteiger charge is 2.18. The average molecular weight is 365 g/mol. The third kappa shape index (κ3) is 4.06. The molecule has 1 N–H and O–H groups in total. The van der Waals surface area contributed by atoms with E-state index in [1.54, 1.807) is 0 Å². The summed E-state index contributed by atoms with van der Waals surface area (Å²) >= 11 is 1.35. The van der Waals surface area contributed by atoms with Crippen molar-refractivity contribution in [3.63, 3.8) is 0 Å². The third-order valence-corrected chi connectivity index (χ3v) is 4.96. The molecule has 0 spiro atoms. The molecule has 0 aliphatic carbocycles. The van der Waals surface area contributed by atoms with Gasteiger partial charge in [0.2, 0.25) is 12.7 Å². The van der Waals surface area contributed by atoms with Crippen LogP contribution in [-0.2, 0) is 4.74 Å². The lowest BCUT2D eigenvalue weighted by Gasteiger charge is -2.28. The molecule has 0 radical (unpaired) electrons. The molecule has 4 rings (SSSR count). The van der Waals surface area contributed by atoms with E-state index in [9.17, 15) is 5.11 Å². The molecule has 1 aromatic heterocycles. The van der Waals surface area contributed by atoms with Gasteiger partial charge in [-0.25, -0.2) is 0 Å². The summed E-state index contributed by atoms with van der Waals surface area (Å²) in [6.07, 6.45) is -0.455. The monoisotopic (exact) mass is 365 g/mol. The van der Waals surface area contributed by atoms with Crippen LogP contribution in [0.4, 0.5) is 0 Å². The van der Waals surface area contributed by atoms with E-state index < -0.39 is 6.10 Å². The number of β-amino-alcohol motifs (C(OH)–C–C–N with tert-alkyl or cyclic N) is 1. The fraction of sp³-hybridized carbons (Fsp3) is 0.500. The van der Waals surface area contributed by atoms with Crippen LogP contribution in [0.15, 0.2) is 27.8 Å². The van der Waals surface area contributed by atoms with Crippen LogP contribution in [-0.4, -0.2) is 71.7 Å². The standard InChI is InChI=1S/C16H19N3O5S/c20-12(8-19-3-5-21-6-4-19)9-25-16-18-17-15(24-16)11-1-2-13-14(7-11)23-10-22-13/h1-2,7,12,20H,3-6,8-10H2/t12-/m0/s1. The van der Waals surface area contributed by atoms with Gasteiger partial charge < -0.3 is 23.7 Å². The van der Waals surface area contributed by atoms with Crippen LogP contribution in [0, 0.1) is 0 Å². The van der Waals surface area contributed by atoms with E-state index in [1.165, 1.54) is 11.8 Å². The van der Waals surface area contributed by atoms with Crippen molar-refractivity contribution in [2.45, 2.75) is 11.3 Å². The van der Waals surface area contributed by atoms with Crippen LogP contribution in [0.5, 0.6) is 11.5 Å². The maximum absolute atomic E-state index is 10.2. The van der Waals surface area contributed by atoms with Gasteiger partial charge in [0.1, 0.15) is 0 Å². The maximum Gasteiger partial charge on any atom is 0.276 e. The summed E-state index contributed by atoms with van der Waals surface area (Å²) in [6, 6.07) is 5.49. The first kappa shape index (κ1) is 16.6. The molecule has 2 aromatic rings. The van der Waals surface area contributed by atoms with E-state index in [0.29, 0.717) is 34.9 Å². The van der Waals surface area contributed by atoms with Crippen LogP contribution < -0.4 is 9.47 Å². The number of benzene rings is 1. The zero-order chi connectivity index (χ0) is 17.1. The molecule has 1 saturated heterocycles. The van der Waals surface area contributed by atoms with Crippen LogP contribution in [0.3, 0.4) is 0 Å². The summed E-state index contributed by atoms with van der Waals surface area (Å²) in [5.74, 6) is 2.30. The smallest absolute Gasteiger partial charge is 0.276 e. The lowest BCUT2D eigenvalue weighted by Crippen LogP contribution is -2.41. The predicted octanol–water partition coefficient (Wildman–Crippen LogP) is 1.25. The van der Waals surface area contributed by atoms with Gasteiger partial charge in [0.25, 0.3) is 5.22 Å². The number of morpholine rings is 1. The molecular formula is C16H19N3O5S. The number of thioether (sulfide) groups is 1. The minimum atomic E-state index is -0.455. The second-order valence-electron chi connectivity index (χ2n) is 5.82. The van der Waals surface area contributed by atoms with Crippen molar-refractivity contribution in [2.24, 2.45) is 0 Å². The number of aliphatic hydroxyl groups is 1. The molecular weight excluding hydrogens is 346 g/mol. The van der Waals surface area contributed by atoms with Gasteiger partial charge in [-0.2, -0.15) is 0 Å². The van der Waals surface area contributed by atoms with Gasteiger partial charge in [-0.3, -0.25) is 4.90 Å². The molecule has 0 bridgehead atoms. The average Bonchev–Trinajstić information content (AvgIpc) is 3.29. The number of aromatic nitrogens is 2. The first-order valence-electron chi connectivity index (χ1n) is 8.12. The Hall–Kier alpha value is -1.81. The Balaban J connectivity index is 1.32. The summed E-state index contributed by atoms with van der Waals surface area (Å²) in [4.78, 5) is 2.20. The van der Waals surface area contributed by atoms with Gasteiger partial charge in [-0.1, -0.05) is 11.8 Å². The maximum atomic E-state index is 10.2. The van der Waals surface area contributed by atoms with Gasteiger partial charge >= 0.3 is 0 Å². The van der Waals surface area contributed by atoms with Crippen molar-refractivity contribution < 1.29 is 23.7 Å². The van der Waals surface area contributed by atoms with Gasteiger partial charge in [0, 0.05) is 31.0 Å². The normalized spacial score (nSPS) is 18.4. The first-order valence-corrected chi connectivity index (χ1v) is 9.11. The summed E-state index contributed by atoms with van der Waals surface area (Å²) in [5, 5.41) is 18.7. The Morgan fingerprint density at radius 3 is 2.88 bits per heavy atom. The van der Waals surface area contributed by atoms with Crippen molar-refractivity contribution in [1.82, 2.24) is 15.1 Å². The Bertz CT molecular complexity index is 720. The van der Waals surface area contributed by atoms with E-state index in [4.69, 9.17) is 18.6 Å². The predicted molar refractivity (Wildman–Crippen MR) is 89.8 cm³/mol. The fourth-order valence-electron chi connectivity index (χ4n) is 2.72. The molecule has 134 valence electrons. The van der Waals surface area contributed by atoms with Crippen LogP contribution >= 0.6 is 11.8 Å². The number of aliphatic hydroxyl groups excluding tert-OH is 1. The summed E-state index contributed by atoms with van der Waals surface area (Å²) in [6.45, 7) is 4.02. The van der Waals surface area contributed by atoms with Crippen molar-refractivity contribution in [2.75, 3.05) is 45.4 Å². The van der Waals surface area contributed by atoms with Crippen molar-refractivity contribution in [3.05, 3.63) is 18.2 Å². The number of fused-ring (bicyclic) bond motifs is 1. The van der Waals surface area contributed by atoms with Gasteiger partial charge in [0.15, 0.2) is 11.5 Å². The Morgan fingerprint density at radius 2 is 2.00 bits per heavy atom. The second kappa shape index (κ2) is 7.61. The summed E-state index contributed by atoms with van der Waals surface area (Å²) in [5.41, 5.74) is 0.775. The number of rotatable bonds is 6. The summed E-state index contributed by atoms with van der Waals surface area (Å²) in [7, 11) is 0. The first-order chi connectivity index (χ1) is 12.3. The minimum Gasteiger partial charge on any atom is -0.454 e. The molecule has 1 fully saturated rings. The highest BCUT2D eigenvalue weighted by Crippen LogP contribution is 2.36. The minimum absolute atomic E-state index is 0.227. The summed E-state index contributed by atoms with van der Waals surface area (Å²) < 4.78 is 21.6. The Kier molecular flexibility index (Phi) is 5.07. The highest BCUT2D eigenvalue weighted by atomic mass is 32.2. The van der Waals surface area contributed by atoms with Gasteiger partial charge in [0.05, 0.1) is 19.3 Å². The van der Waals surface area contributed by atoms with Crippen molar-refractivity contribution in [1.29, 1.82) is 0 Å². The molecule has 1 aromatic carbocycles. The SMILES string of the molecule is O[C@H](CSc1nnc(-c2ccc3c(c2)OCO3)o1)CN1CCOCC1. The zero-order valence-electron chi connectivity index (χ0n) is 13.6. The molecule has 2 aliphatic heterocycles. The molecule has 2 aliphatic rings. The highest BCUT2D eigenvalue weighted by molar-refractivity contribution is 7.99. The van der Waals surface area contributed by atoms with Gasteiger partial charge in [-0.05, 0) is 18.2 Å². The van der Waals surface area contributed by atoms with Crippen LogP contribution in [0.2, 0.25) is 0 Å². The molecule has 0 amide bonds. The lowest BCUT2D eigenvalue weighted by atomic mass is 10.2. The largest absolute Gasteiger partial charge is 0.454 e. The zero-order valence-corrected chi connectivity index (χ0v) is 14.4. The van der Waals surface area contributed by atoms with Crippen molar-refractivity contribution in [3.8, 4) is 23.0 Å². The molecule has 0 unspecified atom stereocenters. The molecule has 3 heterocycles. The third-order valence-electron chi connectivity index (χ3n) is 4.00. The number of hydrogen-bond acceptors (Lipinski definition) is 9. The molecule has 1 atom stereocenters. The van der Waals surface area contributed by atoms with E-state index in [2.05, 4.69) is 15.1 Å². The molecule has 9 heteroatoms. The quantitative estimate of drug-likeness (QED) is 0.760. The van der Waals surface area contributed by atoms with Crippen molar-refractivity contribution >= 4 is 11.8 Å². The van der Waals surface area contributed by atoms with E-state index in [0.717, 1.165) is 31.9 Å². The Morgan fingerprint density at radius 1 is 1.16 bits per heavy atom. The van der Waals surface area contributed by atoms with E-state index in [-0.39, 0.29) is 6.79 Å². The topological polar surface area (TPSA) is 90.1 Å². The van der Waals surface area contributed by atoms with Crippen LogP contribution in [0.1, 0.15) is 0 Å². The lowest BCUT2D eigenvalue weighted by molar-refractivity contribution is 0.0188. The second-order valence-corrected chi connectivity index (χ2v) is 6.79. The number of hydrogen-bond donors (Lipinski definition) is 1. The van der Waals surface area contributed by atoms with E-state index >= 15 is 0 Å². The number of ether oxygens (including phenoxy) is 3. The fourth-order valence-corrected chi connectivity index (χ4v) is 3.39. The van der Waals surface area contributed by atoms with Crippen LogP contribution in [0.25, 0.3) is 11.5 Å². The van der Waals surface area contributed by atoms with Gasteiger partial charge in [-0.15, -0.1) is 10.2 Å². The van der Waals surface area contributed by atoms with E-state index in [1.807, 2.05) is 18.2 Å². The molecule has 25 heavy (non-hydrogen) atoms. The number of nitrogens with zero attached hydrogens (tertiary/aromatic N) is 3. The Labute approximate surface area is 149 Å².